The van der Waals surface area contributed by atoms with E-state index in [1.54, 1.807) is 36.4 Å². The summed E-state index contributed by atoms with van der Waals surface area (Å²) < 4.78 is 6.77. The minimum atomic E-state index is -0.388. The van der Waals surface area contributed by atoms with E-state index in [4.69, 9.17) is 16.3 Å². The van der Waals surface area contributed by atoms with Crippen molar-refractivity contribution < 1.29 is 19.1 Å². The highest BCUT2D eigenvalue weighted by Gasteiger charge is 2.36. The molecule has 0 radical (unpaired) electrons. The average Bonchev–Trinajstić information content (AvgIpc) is 3.26. The highest BCUT2D eigenvalue weighted by atomic mass is 35.5. The lowest BCUT2D eigenvalue weighted by atomic mass is 10.1. The van der Waals surface area contributed by atoms with Gasteiger partial charge in [-0.05, 0) is 36.2 Å². The smallest absolute Gasteiger partial charge is 0.311 e. The Morgan fingerprint density at radius 2 is 1.67 bits per heavy atom. The molecular weight excluding hydrogens is 442 g/mol. The molecule has 1 aliphatic heterocycles. The van der Waals surface area contributed by atoms with Crippen LogP contribution in [-0.4, -0.2) is 34.4 Å². The molecule has 2 amide bonds. The third-order valence-electron chi connectivity index (χ3n) is 5.73. The number of rotatable bonds is 8. The molecule has 0 saturated carbocycles. The Labute approximate surface area is 196 Å². The lowest BCUT2D eigenvalue weighted by molar-refractivity contribution is -0.139. The summed E-state index contributed by atoms with van der Waals surface area (Å²) in [5.41, 5.74) is 2.86. The summed E-state index contributed by atoms with van der Waals surface area (Å²) in [4.78, 5) is 43.1. The maximum absolute atomic E-state index is 12.7. The van der Waals surface area contributed by atoms with Crippen molar-refractivity contribution in [3.8, 4) is 0 Å². The van der Waals surface area contributed by atoms with Gasteiger partial charge in [0.25, 0.3) is 11.8 Å². The molecule has 2 heterocycles. The van der Waals surface area contributed by atoms with Crippen molar-refractivity contribution in [2.75, 3.05) is 12.0 Å². The van der Waals surface area contributed by atoms with Crippen LogP contribution < -0.4 is 4.90 Å². The lowest BCUT2D eigenvalue weighted by Crippen LogP contribution is -2.29. The van der Waals surface area contributed by atoms with E-state index in [2.05, 4.69) is 11.9 Å². The number of unbranched alkanes of at least 4 members (excludes halogenated alkanes) is 1. The molecule has 0 N–H and O–H groups in total. The number of nitrogens with zero attached hydrogens (tertiary/aromatic N) is 3. The second-order valence-corrected chi connectivity index (χ2v) is 8.22. The highest BCUT2D eigenvalue weighted by molar-refractivity contribution is 6.34. The van der Waals surface area contributed by atoms with Crippen LogP contribution in [-0.2, 0) is 28.9 Å². The van der Waals surface area contributed by atoms with Gasteiger partial charge in [0.15, 0.2) is 5.15 Å². The molecule has 0 spiro atoms. The first-order valence-corrected chi connectivity index (χ1v) is 11.2. The van der Waals surface area contributed by atoms with Crippen LogP contribution >= 0.6 is 11.6 Å². The fourth-order valence-electron chi connectivity index (χ4n) is 3.95. The number of imide groups is 1. The van der Waals surface area contributed by atoms with Crippen LogP contribution in [0.25, 0.3) is 0 Å². The Bertz CT molecular complexity index is 1180. The number of benzene rings is 2. The number of hydrogen-bond donors (Lipinski definition) is 0. The third-order valence-corrected chi connectivity index (χ3v) is 6.03. The number of esters is 1. The normalized spacial score (nSPS) is 12.9. The molecule has 1 aliphatic rings. The number of amides is 2. The zero-order chi connectivity index (χ0) is 23.5. The van der Waals surface area contributed by atoms with Gasteiger partial charge in [0, 0.05) is 13.0 Å². The van der Waals surface area contributed by atoms with E-state index in [9.17, 15) is 14.4 Å². The molecular formula is C25H24ClN3O4. The maximum Gasteiger partial charge on any atom is 0.311 e. The van der Waals surface area contributed by atoms with E-state index in [-0.39, 0.29) is 24.2 Å². The zero-order valence-corrected chi connectivity index (χ0v) is 19.3. The summed E-state index contributed by atoms with van der Waals surface area (Å²) >= 11 is 6.36. The molecule has 1 aromatic heterocycles. The van der Waals surface area contributed by atoms with Crippen molar-refractivity contribution >= 4 is 35.1 Å². The maximum atomic E-state index is 12.7. The number of anilines is 1. The number of aromatic nitrogens is 2. The van der Waals surface area contributed by atoms with Gasteiger partial charge in [-0.15, -0.1) is 0 Å². The quantitative estimate of drug-likeness (QED) is 0.363. The molecule has 3 aromatic rings. The fourth-order valence-corrected chi connectivity index (χ4v) is 4.22. The van der Waals surface area contributed by atoms with Crippen molar-refractivity contribution in [2.45, 2.75) is 39.2 Å². The molecule has 7 nitrogen and oxygen atoms in total. The van der Waals surface area contributed by atoms with Crippen LogP contribution in [0.2, 0.25) is 5.15 Å². The Hall–Kier alpha value is -3.45. The van der Waals surface area contributed by atoms with Gasteiger partial charge in [-0.3, -0.25) is 14.4 Å². The summed E-state index contributed by atoms with van der Waals surface area (Å²) in [6.07, 6.45) is 2.72. The number of methoxy groups -OCH3 is 1. The van der Waals surface area contributed by atoms with E-state index in [1.807, 2.05) is 16.7 Å². The molecule has 0 fully saturated rings. The summed E-state index contributed by atoms with van der Waals surface area (Å²) in [6, 6.07) is 14.0. The Morgan fingerprint density at radius 3 is 2.24 bits per heavy atom. The second kappa shape index (κ2) is 9.58. The average molecular weight is 466 g/mol. The molecule has 8 heteroatoms. The molecule has 2 aromatic carbocycles. The van der Waals surface area contributed by atoms with Gasteiger partial charge in [-0.2, -0.15) is 0 Å². The summed E-state index contributed by atoms with van der Waals surface area (Å²) in [6.45, 7) is 2.55. The summed E-state index contributed by atoms with van der Waals surface area (Å²) in [7, 11) is 1.34. The Kier molecular flexibility index (Phi) is 6.60. The van der Waals surface area contributed by atoms with E-state index < -0.39 is 0 Å². The van der Waals surface area contributed by atoms with E-state index >= 15 is 0 Å². The number of fused-ring (bicyclic) bond motifs is 1. The van der Waals surface area contributed by atoms with Gasteiger partial charge >= 0.3 is 5.97 Å². The van der Waals surface area contributed by atoms with Crippen LogP contribution in [0, 0.1) is 0 Å². The van der Waals surface area contributed by atoms with Gasteiger partial charge in [0.05, 0.1) is 36.0 Å². The molecule has 0 bridgehead atoms. The first kappa shape index (κ1) is 22.7. The second-order valence-electron chi connectivity index (χ2n) is 7.87. The SMILES string of the molecule is CCCCc1nc(Cl)c(CC(=O)OC)n1Cc1ccc(N2C(=O)c3ccccc3C2=O)cc1. The first-order valence-electron chi connectivity index (χ1n) is 10.8. The standard InChI is InChI=1S/C25H24ClN3O4/c1-3-4-9-21-27-23(26)20(14-22(30)33-2)28(21)15-16-10-12-17(13-11-16)29-24(31)18-7-5-6-8-19(18)25(29)32/h5-8,10-13H,3-4,9,14-15H2,1-2H3. The van der Waals surface area contributed by atoms with Crippen LogP contribution in [0.3, 0.4) is 0 Å². The number of aryl methyl sites for hydroxylation is 1. The van der Waals surface area contributed by atoms with Crippen molar-refractivity contribution in [3.05, 3.63) is 81.9 Å². The summed E-state index contributed by atoms with van der Waals surface area (Å²) in [5.74, 6) is -0.231. The number of hydrogen-bond acceptors (Lipinski definition) is 5. The van der Waals surface area contributed by atoms with E-state index in [0.29, 0.717) is 34.2 Å². The molecule has 0 saturated heterocycles. The van der Waals surface area contributed by atoms with Crippen molar-refractivity contribution in [1.29, 1.82) is 0 Å². The minimum Gasteiger partial charge on any atom is -0.469 e. The van der Waals surface area contributed by atoms with Crippen LogP contribution in [0.5, 0.6) is 0 Å². The number of carbonyl (C=O) groups is 3. The van der Waals surface area contributed by atoms with Crippen molar-refractivity contribution in [2.24, 2.45) is 0 Å². The number of imidazole rings is 1. The largest absolute Gasteiger partial charge is 0.469 e. The predicted octanol–water partition coefficient (Wildman–Crippen LogP) is 4.44. The number of ether oxygens (including phenoxy) is 1. The fraction of sp³-hybridized carbons (Fsp3) is 0.280. The van der Waals surface area contributed by atoms with Gasteiger partial charge in [0.2, 0.25) is 0 Å². The Morgan fingerprint density at radius 1 is 1.03 bits per heavy atom. The molecule has 0 atom stereocenters. The highest BCUT2D eigenvalue weighted by Crippen LogP contribution is 2.29. The number of halogens is 1. The molecule has 170 valence electrons. The van der Waals surface area contributed by atoms with Crippen LogP contribution in [0.1, 0.15) is 57.6 Å². The van der Waals surface area contributed by atoms with Crippen LogP contribution in [0.4, 0.5) is 5.69 Å². The van der Waals surface area contributed by atoms with Crippen LogP contribution in [0.15, 0.2) is 48.5 Å². The van der Waals surface area contributed by atoms with E-state index in [1.165, 1.54) is 12.0 Å². The zero-order valence-electron chi connectivity index (χ0n) is 18.5. The molecule has 33 heavy (non-hydrogen) atoms. The minimum absolute atomic E-state index is 0.0293. The molecule has 0 aliphatic carbocycles. The number of carbonyl (C=O) groups excluding carboxylic acids is 3. The van der Waals surface area contributed by atoms with E-state index in [0.717, 1.165) is 30.7 Å². The Balaban J connectivity index is 1.60. The van der Waals surface area contributed by atoms with Gasteiger partial charge in [-0.25, -0.2) is 9.88 Å². The monoisotopic (exact) mass is 465 g/mol. The third kappa shape index (κ3) is 4.41. The first-order chi connectivity index (χ1) is 15.9. The topological polar surface area (TPSA) is 81.5 Å². The molecule has 4 rings (SSSR count). The predicted molar refractivity (Wildman–Crippen MR) is 125 cm³/mol. The van der Waals surface area contributed by atoms with Crippen molar-refractivity contribution in [3.63, 3.8) is 0 Å². The van der Waals surface area contributed by atoms with Gasteiger partial charge in [0.1, 0.15) is 5.82 Å². The molecule has 0 unspecified atom stereocenters. The lowest BCUT2D eigenvalue weighted by Gasteiger charge is -2.16. The van der Waals surface area contributed by atoms with Gasteiger partial charge in [-0.1, -0.05) is 49.2 Å². The van der Waals surface area contributed by atoms with Crippen molar-refractivity contribution in [1.82, 2.24) is 9.55 Å². The van der Waals surface area contributed by atoms with Gasteiger partial charge < -0.3 is 9.30 Å². The summed E-state index contributed by atoms with van der Waals surface area (Å²) in [5, 5.41) is 0.300.